The molecule has 392 valence electrons. The van der Waals surface area contributed by atoms with Gasteiger partial charge in [0.2, 0.25) is 0 Å². The van der Waals surface area contributed by atoms with Gasteiger partial charge in [-0.2, -0.15) is 0 Å². The number of rotatable bonds is 20. The molecule has 0 saturated heterocycles. The van der Waals surface area contributed by atoms with E-state index in [1.54, 1.807) is 0 Å². The normalized spacial score (nSPS) is 10.7. The van der Waals surface area contributed by atoms with Gasteiger partial charge in [-0.3, -0.25) is 0 Å². The lowest BCUT2D eigenvalue weighted by molar-refractivity contribution is 0.376. The molecular formula is C72H50O9. The third-order valence-corrected chi connectivity index (χ3v) is 12.6. The van der Waals surface area contributed by atoms with E-state index in [1.165, 1.54) is 0 Å². The SMILES string of the molecule is c1ccc(Oc2cccc(Oc3cccc(-c4cccc(Oc5cccc(-c6cccc(Oc7cccc(Oc8ccccc8)c7)c6)c5Oc5ccccc5Oc5ccccc5)c4Oc4ccccc4Oc4ccccc4)c3)c2)cc1. The fraction of sp³-hybridized carbons (Fsp3) is 0. The molecule has 0 saturated carbocycles. The molecule has 0 aromatic heterocycles. The molecule has 0 unspecified atom stereocenters. The first-order valence-corrected chi connectivity index (χ1v) is 26.2. The topological polar surface area (TPSA) is 83.1 Å². The molecule has 0 aliphatic carbocycles. The zero-order valence-electron chi connectivity index (χ0n) is 43.5. The van der Waals surface area contributed by atoms with E-state index in [0.717, 1.165) is 22.6 Å². The molecule has 0 heterocycles. The second kappa shape index (κ2) is 24.4. The average molecular weight is 1060 g/mol. The van der Waals surface area contributed by atoms with Crippen molar-refractivity contribution < 1.29 is 42.6 Å². The number of benzene rings is 12. The lowest BCUT2D eigenvalue weighted by Crippen LogP contribution is -1.98. The number of hydrogen-bond acceptors (Lipinski definition) is 9. The first-order valence-electron chi connectivity index (χ1n) is 26.2. The summed E-state index contributed by atoms with van der Waals surface area (Å²) >= 11 is 0. The first-order chi connectivity index (χ1) is 40.1. The van der Waals surface area contributed by atoms with Gasteiger partial charge in [0.25, 0.3) is 0 Å². The Kier molecular flexibility index (Phi) is 15.3. The molecule has 0 amide bonds. The number of ether oxygens (including phenoxy) is 9. The molecule has 0 atom stereocenters. The molecule has 9 heteroatoms. The summed E-state index contributed by atoms with van der Waals surface area (Å²) in [5.41, 5.74) is 2.99. The Bertz CT molecular complexity index is 3780. The minimum atomic E-state index is 0.379. The van der Waals surface area contributed by atoms with Gasteiger partial charge in [0, 0.05) is 23.3 Å². The summed E-state index contributed by atoms with van der Waals surface area (Å²) in [7, 11) is 0. The molecule has 0 aliphatic rings. The van der Waals surface area contributed by atoms with E-state index in [-0.39, 0.29) is 0 Å². The highest BCUT2D eigenvalue weighted by Crippen LogP contribution is 2.50. The quantitative estimate of drug-likeness (QED) is 0.0741. The second-order valence-electron chi connectivity index (χ2n) is 18.3. The van der Waals surface area contributed by atoms with Crippen molar-refractivity contribution in [3.05, 3.63) is 303 Å². The van der Waals surface area contributed by atoms with Gasteiger partial charge in [0.15, 0.2) is 46.0 Å². The smallest absolute Gasteiger partial charge is 0.177 e. The van der Waals surface area contributed by atoms with E-state index < -0.39 is 0 Å². The highest BCUT2D eigenvalue weighted by atomic mass is 16.6. The molecule has 0 radical (unpaired) electrons. The summed E-state index contributed by atoms with van der Waals surface area (Å²) in [6.45, 7) is 0. The maximum atomic E-state index is 7.18. The van der Waals surface area contributed by atoms with Crippen molar-refractivity contribution in [1.82, 2.24) is 0 Å². The van der Waals surface area contributed by atoms with Crippen LogP contribution in [0.25, 0.3) is 22.3 Å². The summed E-state index contributed by atoms with van der Waals surface area (Å²) in [5.74, 6) is 9.87. The third-order valence-electron chi connectivity index (χ3n) is 12.6. The lowest BCUT2D eigenvalue weighted by atomic mass is 10.0. The van der Waals surface area contributed by atoms with Crippen LogP contribution in [0.4, 0.5) is 0 Å². The zero-order chi connectivity index (χ0) is 54.4. The van der Waals surface area contributed by atoms with Crippen molar-refractivity contribution >= 4 is 0 Å². The van der Waals surface area contributed by atoms with E-state index in [4.69, 9.17) is 42.6 Å². The van der Waals surface area contributed by atoms with Gasteiger partial charge < -0.3 is 42.6 Å². The van der Waals surface area contributed by atoms with E-state index in [0.29, 0.717) is 103 Å². The Morgan fingerprint density at radius 1 is 0.148 bits per heavy atom. The van der Waals surface area contributed by atoms with Crippen molar-refractivity contribution in [1.29, 1.82) is 0 Å². The van der Waals surface area contributed by atoms with Crippen LogP contribution in [0.3, 0.4) is 0 Å². The van der Waals surface area contributed by atoms with Crippen molar-refractivity contribution in [3.8, 4) is 126 Å². The minimum absolute atomic E-state index is 0.379. The van der Waals surface area contributed by atoms with Gasteiger partial charge in [-0.15, -0.1) is 0 Å². The zero-order valence-corrected chi connectivity index (χ0v) is 43.5. The van der Waals surface area contributed by atoms with Crippen LogP contribution in [0.1, 0.15) is 0 Å². The molecular weight excluding hydrogens is 1010 g/mol. The van der Waals surface area contributed by atoms with Gasteiger partial charge in [-0.1, -0.05) is 158 Å². The predicted octanol–water partition coefficient (Wildman–Crippen LogP) is 21.2. The van der Waals surface area contributed by atoms with Crippen LogP contribution in [0.5, 0.6) is 103 Å². The van der Waals surface area contributed by atoms with Gasteiger partial charge in [-0.05, 0) is 145 Å². The molecule has 12 rings (SSSR count). The van der Waals surface area contributed by atoms with Crippen LogP contribution in [-0.4, -0.2) is 0 Å². The maximum absolute atomic E-state index is 7.18. The first kappa shape index (κ1) is 50.6. The highest BCUT2D eigenvalue weighted by molar-refractivity contribution is 5.78. The number of para-hydroxylation sites is 10. The van der Waals surface area contributed by atoms with Crippen LogP contribution in [0.2, 0.25) is 0 Å². The highest BCUT2D eigenvalue weighted by Gasteiger charge is 2.23. The van der Waals surface area contributed by atoms with Crippen molar-refractivity contribution in [2.75, 3.05) is 0 Å². The van der Waals surface area contributed by atoms with E-state index >= 15 is 0 Å². The molecule has 0 spiro atoms. The van der Waals surface area contributed by atoms with Crippen LogP contribution >= 0.6 is 0 Å². The average Bonchev–Trinajstić information content (AvgIpc) is 3.56. The Morgan fingerprint density at radius 3 is 0.753 bits per heavy atom. The summed E-state index contributed by atoms with van der Waals surface area (Å²) < 4.78 is 59.6. The van der Waals surface area contributed by atoms with Crippen molar-refractivity contribution in [2.24, 2.45) is 0 Å². The molecule has 0 aliphatic heterocycles. The van der Waals surface area contributed by atoms with Gasteiger partial charge >= 0.3 is 0 Å². The molecule has 9 nitrogen and oxygen atoms in total. The van der Waals surface area contributed by atoms with Crippen LogP contribution in [-0.2, 0) is 0 Å². The molecule has 12 aromatic carbocycles. The maximum Gasteiger partial charge on any atom is 0.177 e. The minimum Gasteiger partial charge on any atom is -0.457 e. The summed E-state index contributed by atoms with van der Waals surface area (Å²) in [4.78, 5) is 0. The monoisotopic (exact) mass is 1060 g/mol. The summed E-state index contributed by atoms with van der Waals surface area (Å²) in [6, 6.07) is 95.8. The Hall–Kier alpha value is -11.2. The van der Waals surface area contributed by atoms with Crippen molar-refractivity contribution in [3.63, 3.8) is 0 Å². The Balaban J connectivity index is 0.937. The number of hydrogen-bond donors (Lipinski definition) is 0. The second-order valence-corrected chi connectivity index (χ2v) is 18.3. The summed E-state index contributed by atoms with van der Waals surface area (Å²) in [5, 5.41) is 0. The fourth-order valence-corrected chi connectivity index (χ4v) is 8.84. The van der Waals surface area contributed by atoms with Crippen LogP contribution < -0.4 is 42.6 Å². The lowest BCUT2D eigenvalue weighted by Gasteiger charge is -2.21. The Morgan fingerprint density at radius 2 is 0.395 bits per heavy atom. The molecule has 12 aromatic rings. The largest absolute Gasteiger partial charge is 0.457 e. The molecule has 0 N–H and O–H groups in total. The van der Waals surface area contributed by atoms with Crippen LogP contribution in [0.15, 0.2) is 303 Å². The van der Waals surface area contributed by atoms with Gasteiger partial charge in [0.1, 0.15) is 57.5 Å². The Labute approximate surface area is 469 Å². The van der Waals surface area contributed by atoms with Gasteiger partial charge in [-0.25, -0.2) is 0 Å². The molecule has 0 fully saturated rings. The summed E-state index contributed by atoms with van der Waals surface area (Å²) in [6.07, 6.45) is 0. The molecule has 0 bridgehead atoms. The van der Waals surface area contributed by atoms with E-state index in [2.05, 4.69) is 0 Å². The molecule has 81 heavy (non-hydrogen) atoms. The van der Waals surface area contributed by atoms with Crippen molar-refractivity contribution in [2.45, 2.75) is 0 Å². The fourth-order valence-electron chi connectivity index (χ4n) is 8.84. The van der Waals surface area contributed by atoms with Crippen LogP contribution in [0, 0.1) is 0 Å². The van der Waals surface area contributed by atoms with E-state index in [1.807, 2.05) is 303 Å². The van der Waals surface area contributed by atoms with E-state index in [9.17, 15) is 0 Å². The third kappa shape index (κ3) is 12.8. The predicted molar refractivity (Wildman–Crippen MR) is 316 cm³/mol. The standard InChI is InChI=1S/C72H50O9/c1-5-25-53(26-6-1)73-59-35-19-37-61(49-59)75-57-33-17-23-51(47-57)63-39-21-45-69(71(63)80-67-43-15-13-41-65(67)77-55-29-9-3-10-30-55)79-70-46-22-40-64(72(70)81-68-44-16-14-42-66(68)78-56-31-11-4-12-32-56)52-24-18-34-58(48-52)76-62-38-20-36-60(50-62)74-54-27-7-2-8-28-54/h1-50H. The van der Waals surface area contributed by atoms with Gasteiger partial charge in [0.05, 0.1) is 0 Å².